The third kappa shape index (κ3) is 2.06. The second-order valence-electron chi connectivity index (χ2n) is 3.02. The van der Waals surface area contributed by atoms with E-state index < -0.39 is 11.2 Å². The van der Waals surface area contributed by atoms with Gasteiger partial charge in [0.15, 0.2) is 0 Å². The molecule has 0 fully saturated rings. The molecule has 0 amide bonds. The Morgan fingerprint density at radius 2 is 1.93 bits per heavy atom. The summed E-state index contributed by atoms with van der Waals surface area (Å²) in [5.74, 6) is 0.0451. The summed E-state index contributed by atoms with van der Waals surface area (Å²) in [5.41, 5.74) is -1.82. The Balaban J connectivity index is 3.32. The Bertz CT molecular complexity index is 445. The maximum absolute atomic E-state index is 11.1. The number of aromatic nitrogens is 2. The molecular weight excluding hydrogens is 188 g/mol. The van der Waals surface area contributed by atoms with Crippen molar-refractivity contribution in [3.63, 3.8) is 0 Å². The van der Waals surface area contributed by atoms with Gasteiger partial charge >= 0.3 is 5.69 Å². The Morgan fingerprint density at radius 1 is 1.29 bits per heavy atom. The van der Waals surface area contributed by atoms with E-state index in [0.717, 1.165) is 0 Å². The van der Waals surface area contributed by atoms with Gasteiger partial charge in [0.05, 0.1) is 0 Å². The normalized spacial score (nSPS) is 10.2. The average Bonchev–Trinajstić information content (AvgIpc) is 2.01. The summed E-state index contributed by atoms with van der Waals surface area (Å²) in [6.07, 6.45) is 0. The number of nitrogens with zero attached hydrogens (tertiary/aromatic N) is 1. The van der Waals surface area contributed by atoms with Crippen molar-refractivity contribution in [1.82, 2.24) is 9.97 Å². The fraction of sp³-hybridized carbons (Fsp3) is 0.429. The number of nitrogens with one attached hydrogen (secondary N) is 3. The summed E-state index contributed by atoms with van der Waals surface area (Å²) in [6, 6.07) is -0.0204. The summed E-state index contributed by atoms with van der Waals surface area (Å²) in [4.78, 5) is 36.4. The molecular formula is C7H10N4O3. The lowest BCUT2D eigenvalue weighted by molar-refractivity contribution is 0.878. The third-order valence-electron chi connectivity index (χ3n) is 1.44. The molecule has 0 aromatic carbocycles. The van der Waals surface area contributed by atoms with Crippen LogP contribution in [-0.4, -0.2) is 16.0 Å². The zero-order valence-electron chi connectivity index (χ0n) is 7.75. The monoisotopic (exact) mass is 198 g/mol. The summed E-state index contributed by atoms with van der Waals surface area (Å²) >= 11 is 0. The molecule has 0 aliphatic carbocycles. The molecule has 0 saturated heterocycles. The van der Waals surface area contributed by atoms with Gasteiger partial charge in [0.25, 0.3) is 5.56 Å². The SMILES string of the molecule is CC(C)Nc1[nH]c(=O)[nH]c(=O)c1N=O. The standard InChI is InChI=1S/C7H10N4O3/c1-3(2)8-5-4(11-14)6(12)10-7(13)9-5/h3H,1-2H3,(H3,8,9,10,12,13). The zero-order valence-corrected chi connectivity index (χ0v) is 7.75. The molecule has 3 N–H and O–H groups in total. The molecule has 7 nitrogen and oxygen atoms in total. The molecule has 1 aromatic heterocycles. The number of aromatic amines is 2. The molecule has 0 aliphatic rings. The van der Waals surface area contributed by atoms with Crippen molar-refractivity contribution in [1.29, 1.82) is 0 Å². The Labute approximate surface area is 78.5 Å². The summed E-state index contributed by atoms with van der Waals surface area (Å²) in [7, 11) is 0. The average molecular weight is 198 g/mol. The zero-order chi connectivity index (χ0) is 10.7. The lowest BCUT2D eigenvalue weighted by atomic mass is 10.3. The highest BCUT2D eigenvalue weighted by atomic mass is 16.3. The van der Waals surface area contributed by atoms with E-state index in [1.54, 1.807) is 13.8 Å². The molecule has 0 unspecified atom stereocenters. The summed E-state index contributed by atoms with van der Waals surface area (Å²) in [6.45, 7) is 3.60. The number of H-pyrrole nitrogens is 2. The smallest absolute Gasteiger partial charge is 0.327 e. The van der Waals surface area contributed by atoms with Gasteiger partial charge in [-0.05, 0) is 19.0 Å². The molecule has 0 aliphatic heterocycles. The van der Waals surface area contributed by atoms with Crippen LogP contribution in [0.4, 0.5) is 11.5 Å². The largest absolute Gasteiger partial charge is 0.367 e. The van der Waals surface area contributed by atoms with E-state index in [4.69, 9.17) is 0 Å². The van der Waals surface area contributed by atoms with Crippen LogP contribution in [0.1, 0.15) is 13.8 Å². The number of hydrogen-bond donors (Lipinski definition) is 3. The molecule has 0 atom stereocenters. The molecule has 76 valence electrons. The van der Waals surface area contributed by atoms with E-state index >= 15 is 0 Å². The van der Waals surface area contributed by atoms with Crippen LogP contribution in [0.5, 0.6) is 0 Å². The molecule has 1 rings (SSSR count). The van der Waals surface area contributed by atoms with E-state index in [9.17, 15) is 14.5 Å². The van der Waals surface area contributed by atoms with Crippen LogP contribution in [0.3, 0.4) is 0 Å². The van der Waals surface area contributed by atoms with Gasteiger partial charge in [-0.2, -0.15) is 0 Å². The van der Waals surface area contributed by atoms with Gasteiger partial charge in [0.2, 0.25) is 5.69 Å². The van der Waals surface area contributed by atoms with Gasteiger partial charge in [0.1, 0.15) is 5.82 Å². The van der Waals surface area contributed by atoms with Crippen molar-refractivity contribution in [2.75, 3.05) is 5.32 Å². The minimum Gasteiger partial charge on any atom is -0.367 e. The molecule has 0 radical (unpaired) electrons. The highest BCUT2D eigenvalue weighted by Crippen LogP contribution is 2.14. The number of anilines is 1. The maximum atomic E-state index is 11.1. The molecule has 14 heavy (non-hydrogen) atoms. The fourth-order valence-corrected chi connectivity index (χ4v) is 0.960. The van der Waals surface area contributed by atoms with Crippen LogP contribution in [0.2, 0.25) is 0 Å². The first kappa shape index (κ1) is 10.2. The number of nitroso groups, excluding NO2 is 1. The topological polar surface area (TPSA) is 107 Å². The van der Waals surface area contributed by atoms with Crippen LogP contribution in [0.15, 0.2) is 14.8 Å². The van der Waals surface area contributed by atoms with Gasteiger partial charge in [-0.15, -0.1) is 4.91 Å². The van der Waals surface area contributed by atoms with E-state index in [1.165, 1.54) is 0 Å². The molecule has 1 aromatic rings. The van der Waals surface area contributed by atoms with Crippen LogP contribution in [0.25, 0.3) is 0 Å². The first-order valence-corrected chi connectivity index (χ1v) is 4.01. The van der Waals surface area contributed by atoms with E-state index in [2.05, 4.69) is 15.5 Å². The third-order valence-corrected chi connectivity index (χ3v) is 1.44. The predicted octanol–water partition coefficient (Wildman–Crippen LogP) is 0.281. The second-order valence-corrected chi connectivity index (χ2v) is 3.02. The van der Waals surface area contributed by atoms with Crippen LogP contribution >= 0.6 is 0 Å². The predicted molar refractivity (Wildman–Crippen MR) is 51.9 cm³/mol. The summed E-state index contributed by atoms with van der Waals surface area (Å²) < 4.78 is 0. The van der Waals surface area contributed by atoms with Crippen molar-refractivity contribution in [3.8, 4) is 0 Å². The minimum atomic E-state index is -0.799. The lowest BCUT2D eigenvalue weighted by Crippen LogP contribution is -2.25. The molecule has 7 heteroatoms. The molecule has 0 spiro atoms. The Hall–Kier alpha value is -1.92. The van der Waals surface area contributed by atoms with E-state index in [0.29, 0.717) is 0 Å². The van der Waals surface area contributed by atoms with Crippen molar-refractivity contribution >= 4 is 11.5 Å². The molecule has 0 saturated carbocycles. The van der Waals surface area contributed by atoms with Gasteiger partial charge in [-0.25, -0.2) is 4.79 Å². The van der Waals surface area contributed by atoms with Crippen LogP contribution < -0.4 is 16.6 Å². The summed E-state index contributed by atoms with van der Waals surface area (Å²) in [5, 5.41) is 5.27. The minimum absolute atomic E-state index is 0.0204. The fourth-order valence-electron chi connectivity index (χ4n) is 0.960. The van der Waals surface area contributed by atoms with E-state index in [1.807, 2.05) is 4.98 Å². The first-order valence-electron chi connectivity index (χ1n) is 4.01. The van der Waals surface area contributed by atoms with Crippen LogP contribution in [0, 0.1) is 4.91 Å². The lowest BCUT2D eigenvalue weighted by Gasteiger charge is -2.09. The van der Waals surface area contributed by atoms with Gasteiger partial charge in [-0.1, -0.05) is 0 Å². The first-order chi connectivity index (χ1) is 6.54. The van der Waals surface area contributed by atoms with Crippen molar-refractivity contribution in [2.45, 2.75) is 19.9 Å². The Kier molecular flexibility index (Phi) is 2.80. The van der Waals surface area contributed by atoms with Crippen molar-refractivity contribution in [2.24, 2.45) is 5.18 Å². The molecule has 1 heterocycles. The highest BCUT2D eigenvalue weighted by molar-refractivity contribution is 5.58. The van der Waals surface area contributed by atoms with Crippen LogP contribution in [-0.2, 0) is 0 Å². The number of hydrogen-bond acceptors (Lipinski definition) is 5. The van der Waals surface area contributed by atoms with Crippen molar-refractivity contribution < 1.29 is 0 Å². The quantitative estimate of drug-likeness (QED) is 0.606. The van der Waals surface area contributed by atoms with Gasteiger partial charge in [-0.3, -0.25) is 14.8 Å². The maximum Gasteiger partial charge on any atom is 0.327 e. The number of rotatable bonds is 3. The van der Waals surface area contributed by atoms with Gasteiger partial charge < -0.3 is 5.32 Å². The van der Waals surface area contributed by atoms with Gasteiger partial charge in [0, 0.05) is 6.04 Å². The van der Waals surface area contributed by atoms with Crippen molar-refractivity contribution in [3.05, 3.63) is 25.7 Å². The second kappa shape index (κ2) is 3.86. The Morgan fingerprint density at radius 3 is 2.43 bits per heavy atom. The van der Waals surface area contributed by atoms with E-state index in [-0.39, 0.29) is 17.5 Å². The molecule has 0 bridgehead atoms. The highest BCUT2D eigenvalue weighted by Gasteiger charge is 2.10.